The van der Waals surface area contributed by atoms with E-state index in [0.29, 0.717) is 18.1 Å². The van der Waals surface area contributed by atoms with E-state index in [1.165, 1.54) is 12.8 Å². The molecule has 4 heteroatoms. The number of amides is 1. The number of likely N-dealkylation sites (N-methyl/N-ethyl adjacent to an activating group) is 1. The Hall–Kier alpha value is -1.39. The molecule has 2 aliphatic rings. The molecule has 0 aliphatic carbocycles. The fourth-order valence-corrected chi connectivity index (χ4v) is 3.88. The summed E-state index contributed by atoms with van der Waals surface area (Å²) < 4.78 is 0. The Morgan fingerprint density at radius 1 is 1.27 bits per heavy atom. The molecule has 120 valence electrons. The minimum atomic E-state index is -0.196. The Morgan fingerprint density at radius 3 is 2.50 bits per heavy atom. The molecule has 0 spiro atoms. The Bertz CT molecular complexity index is 492. The predicted molar refractivity (Wildman–Crippen MR) is 88.6 cm³/mol. The first-order valence-corrected chi connectivity index (χ1v) is 8.49. The molecular weight excluding hydrogens is 274 g/mol. The summed E-state index contributed by atoms with van der Waals surface area (Å²) in [6.45, 7) is 2.94. The van der Waals surface area contributed by atoms with E-state index in [1.807, 2.05) is 37.4 Å². The van der Waals surface area contributed by atoms with E-state index in [1.54, 1.807) is 0 Å². The summed E-state index contributed by atoms with van der Waals surface area (Å²) in [6.07, 6.45) is 4.65. The third-order valence-electron chi connectivity index (χ3n) is 5.12. The maximum absolute atomic E-state index is 12.9. The summed E-state index contributed by atoms with van der Waals surface area (Å²) in [5.74, 6) is 0.141. The number of carbonyl (C=O) groups is 1. The number of hydrogen-bond acceptors (Lipinski definition) is 3. The van der Waals surface area contributed by atoms with Crippen molar-refractivity contribution >= 4 is 5.91 Å². The Labute approximate surface area is 133 Å². The number of nitrogens with zero attached hydrogens (tertiary/aromatic N) is 1. The van der Waals surface area contributed by atoms with Gasteiger partial charge in [0.05, 0.1) is 0 Å². The van der Waals surface area contributed by atoms with Crippen molar-refractivity contribution in [1.82, 2.24) is 15.5 Å². The van der Waals surface area contributed by atoms with Crippen LogP contribution in [0.1, 0.15) is 44.2 Å². The number of carbonyl (C=O) groups excluding carboxylic acids is 1. The van der Waals surface area contributed by atoms with Gasteiger partial charge in [-0.15, -0.1) is 0 Å². The third kappa shape index (κ3) is 3.33. The first-order valence-electron chi connectivity index (χ1n) is 8.49. The SMILES string of the molecule is CCN(C)C(C(=O)NC1CC2CCC(C1)N2)c1ccccc1. The van der Waals surface area contributed by atoms with Crippen molar-refractivity contribution in [3.05, 3.63) is 35.9 Å². The van der Waals surface area contributed by atoms with Crippen molar-refractivity contribution in [3.63, 3.8) is 0 Å². The second-order valence-electron chi connectivity index (χ2n) is 6.70. The van der Waals surface area contributed by atoms with Crippen LogP contribution in [0.15, 0.2) is 30.3 Å². The Morgan fingerprint density at radius 2 is 1.91 bits per heavy atom. The van der Waals surface area contributed by atoms with Gasteiger partial charge in [0.15, 0.2) is 0 Å². The number of hydrogen-bond donors (Lipinski definition) is 2. The minimum absolute atomic E-state index is 0.141. The molecule has 0 saturated carbocycles. The Balaban J connectivity index is 1.69. The van der Waals surface area contributed by atoms with Crippen LogP contribution in [-0.4, -0.2) is 42.5 Å². The van der Waals surface area contributed by atoms with Crippen LogP contribution in [0.3, 0.4) is 0 Å². The largest absolute Gasteiger partial charge is 0.352 e. The molecule has 2 N–H and O–H groups in total. The smallest absolute Gasteiger partial charge is 0.242 e. The van der Waals surface area contributed by atoms with Gasteiger partial charge in [0.25, 0.3) is 0 Å². The number of benzene rings is 1. The van der Waals surface area contributed by atoms with Crippen LogP contribution in [0.4, 0.5) is 0 Å². The summed E-state index contributed by atoms with van der Waals surface area (Å²) >= 11 is 0. The van der Waals surface area contributed by atoms with Crippen molar-refractivity contribution in [2.45, 2.75) is 56.8 Å². The normalized spacial score (nSPS) is 28.6. The highest BCUT2D eigenvalue weighted by atomic mass is 16.2. The van der Waals surface area contributed by atoms with E-state index < -0.39 is 0 Å². The van der Waals surface area contributed by atoms with Gasteiger partial charge in [-0.25, -0.2) is 0 Å². The molecule has 2 saturated heterocycles. The highest BCUT2D eigenvalue weighted by molar-refractivity contribution is 5.83. The standard InChI is InChI=1S/C18H27N3O/c1-3-21(2)17(13-7-5-4-6-8-13)18(22)20-16-11-14-9-10-15(12-16)19-14/h4-8,14-17,19H,3,9-12H2,1-2H3,(H,20,22). The molecule has 22 heavy (non-hydrogen) atoms. The van der Waals surface area contributed by atoms with Gasteiger partial charge in [-0.2, -0.15) is 0 Å². The number of nitrogens with one attached hydrogen (secondary N) is 2. The van der Waals surface area contributed by atoms with E-state index in [0.717, 1.165) is 24.9 Å². The summed E-state index contributed by atoms with van der Waals surface area (Å²) in [5, 5.41) is 6.94. The molecule has 2 heterocycles. The summed E-state index contributed by atoms with van der Waals surface area (Å²) in [7, 11) is 2.02. The summed E-state index contributed by atoms with van der Waals surface area (Å²) in [4.78, 5) is 15.0. The van der Waals surface area contributed by atoms with E-state index in [9.17, 15) is 4.79 Å². The molecule has 2 bridgehead atoms. The molecule has 1 aromatic carbocycles. The van der Waals surface area contributed by atoms with Gasteiger partial charge in [-0.05, 0) is 44.8 Å². The molecule has 1 amide bonds. The molecule has 1 aromatic rings. The van der Waals surface area contributed by atoms with Crippen LogP contribution in [0, 0.1) is 0 Å². The second kappa shape index (κ2) is 6.80. The lowest BCUT2D eigenvalue weighted by Gasteiger charge is -2.33. The van der Waals surface area contributed by atoms with E-state index in [4.69, 9.17) is 0 Å². The fraction of sp³-hybridized carbons (Fsp3) is 0.611. The molecule has 3 atom stereocenters. The van der Waals surface area contributed by atoms with Gasteiger partial charge in [0, 0.05) is 18.1 Å². The molecule has 2 aliphatic heterocycles. The van der Waals surface area contributed by atoms with Crippen LogP contribution < -0.4 is 10.6 Å². The average molecular weight is 301 g/mol. The molecule has 3 rings (SSSR count). The lowest BCUT2D eigenvalue weighted by molar-refractivity contribution is -0.127. The van der Waals surface area contributed by atoms with Crippen molar-refractivity contribution in [3.8, 4) is 0 Å². The van der Waals surface area contributed by atoms with Gasteiger partial charge < -0.3 is 10.6 Å². The lowest BCUT2D eigenvalue weighted by atomic mass is 9.98. The highest BCUT2D eigenvalue weighted by Gasteiger charge is 2.35. The Kier molecular flexibility index (Phi) is 4.79. The third-order valence-corrected chi connectivity index (χ3v) is 5.12. The molecule has 4 nitrogen and oxygen atoms in total. The first-order chi connectivity index (χ1) is 10.7. The molecule has 0 radical (unpaired) electrons. The van der Waals surface area contributed by atoms with E-state index in [2.05, 4.69) is 22.5 Å². The summed E-state index contributed by atoms with van der Waals surface area (Å²) in [6, 6.07) is 11.4. The number of fused-ring (bicyclic) bond motifs is 2. The second-order valence-corrected chi connectivity index (χ2v) is 6.70. The van der Waals surface area contributed by atoms with Crippen molar-refractivity contribution in [2.24, 2.45) is 0 Å². The van der Waals surface area contributed by atoms with E-state index >= 15 is 0 Å². The zero-order valence-corrected chi connectivity index (χ0v) is 13.6. The molecule has 3 unspecified atom stereocenters. The van der Waals surface area contributed by atoms with Gasteiger partial charge in [0.2, 0.25) is 5.91 Å². The topological polar surface area (TPSA) is 44.4 Å². The van der Waals surface area contributed by atoms with Crippen LogP contribution in [0.5, 0.6) is 0 Å². The van der Waals surface area contributed by atoms with E-state index in [-0.39, 0.29) is 11.9 Å². The highest BCUT2D eigenvalue weighted by Crippen LogP contribution is 2.28. The van der Waals surface area contributed by atoms with Crippen molar-refractivity contribution < 1.29 is 4.79 Å². The van der Waals surface area contributed by atoms with Crippen LogP contribution in [-0.2, 0) is 4.79 Å². The lowest BCUT2D eigenvalue weighted by Crippen LogP contribution is -2.50. The minimum Gasteiger partial charge on any atom is -0.352 e. The maximum Gasteiger partial charge on any atom is 0.242 e. The molecular formula is C18H27N3O. The van der Waals surface area contributed by atoms with Gasteiger partial charge in [0.1, 0.15) is 6.04 Å². The van der Waals surface area contributed by atoms with Gasteiger partial charge in [-0.3, -0.25) is 9.69 Å². The molecule has 2 fully saturated rings. The van der Waals surface area contributed by atoms with Crippen molar-refractivity contribution in [2.75, 3.05) is 13.6 Å². The van der Waals surface area contributed by atoms with Crippen LogP contribution in [0.25, 0.3) is 0 Å². The monoisotopic (exact) mass is 301 g/mol. The van der Waals surface area contributed by atoms with Crippen LogP contribution in [0.2, 0.25) is 0 Å². The quantitative estimate of drug-likeness (QED) is 0.875. The van der Waals surface area contributed by atoms with Gasteiger partial charge >= 0.3 is 0 Å². The predicted octanol–water partition coefficient (Wildman–Crippen LogP) is 2.08. The fourth-order valence-electron chi connectivity index (χ4n) is 3.88. The van der Waals surface area contributed by atoms with Crippen LogP contribution >= 0.6 is 0 Å². The zero-order valence-electron chi connectivity index (χ0n) is 13.6. The van der Waals surface area contributed by atoms with Crippen molar-refractivity contribution in [1.29, 1.82) is 0 Å². The number of piperidine rings is 1. The average Bonchev–Trinajstić information content (AvgIpc) is 2.87. The number of rotatable bonds is 5. The van der Waals surface area contributed by atoms with Gasteiger partial charge in [-0.1, -0.05) is 37.3 Å². The zero-order chi connectivity index (χ0) is 15.5. The first kappa shape index (κ1) is 15.5. The summed E-state index contributed by atoms with van der Waals surface area (Å²) in [5.41, 5.74) is 1.07. The molecule has 0 aromatic heterocycles. The maximum atomic E-state index is 12.9.